The fraction of sp³-hybridized carbons (Fsp3) is 0.769. The van der Waals surface area contributed by atoms with Crippen molar-refractivity contribution >= 4 is 0 Å². The third-order valence-corrected chi connectivity index (χ3v) is 3.24. The van der Waals surface area contributed by atoms with Crippen LogP contribution in [0.2, 0.25) is 0 Å². The van der Waals surface area contributed by atoms with Gasteiger partial charge >= 0.3 is 0 Å². The van der Waals surface area contributed by atoms with Crippen molar-refractivity contribution in [2.75, 3.05) is 0 Å². The Labute approximate surface area is 93.0 Å². The van der Waals surface area contributed by atoms with Gasteiger partial charge in [0.15, 0.2) is 0 Å². The van der Waals surface area contributed by atoms with Crippen LogP contribution in [0.4, 0.5) is 0 Å². The molecule has 0 spiro atoms. The Hall–Kier alpha value is -0.790. The lowest BCUT2D eigenvalue weighted by Crippen LogP contribution is -2.23. The average Bonchev–Trinajstić information content (AvgIpc) is 2.47. The van der Waals surface area contributed by atoms with E-state index in [9.17, 15) is 0 Å². The van der Waals surface area contributed by atoms with E-state index in [-0.39, 0.29) is 5.41 Å². The van der Waals surface area contributed by atoms with Gasteiger partial charge in [-0.3, -0.25) is 0 Å². The van der Waals surface area contributed by atoms with Crippen molar-refractivity contribution in [3.8, 4) is 0 Å². The molecular formula is C13H23NO. The standard InChI is InChI=1S/C13H23NO/c1-6-8-13(5,9-7-2)12-10(3)14-15-11(12)4/h6-9H2,1-5H3. The highest BCUT2D eigenvalue weighted by molar-refractivity contribution is 5.30. The first-order valence-electron chi connectivity index (χ1n) is 5.98. The summed E-state index contributed by atoms with van der Waals surface area (Å²) >= 11 is 0. The Morgan fingerprint density at radius 2 is 1.67 bits per heavy atom. The highest BCUT2D eigenvalue weighted by Gasteiger charge is 2.30. The van der Waals surface area contributed by atoms with Crippen LogP contribution in [0.1, 0.15) is 63.5 Å². The highest BCUT2D eigenvalue weighted by Crippen LogP contribution is 2.37. The molecule has 0 saturated heterocycles. The number of nitrogens with zero attached hydrogens (tertiary/aromatic N) is 1. The van der Waals surface area contributed by atoms with Crippen LogP contribution in [0.5, 0.6) is 0 Å². The maximum absolute atomic E-state index is 5.28. The number of aromatic nitrogens is 1. The van der Waals surface area contributed by atoms with Crippen LogP contribution < -0.4 is 0 Å². The number of hydrogen-bond donors (Lipinski definition) is 0. The third kappa shape index (κ3) is 2.42. The van der Waals surface area contributed by atoms with Gasteiger partial charge in [0.05, 0.1) is 5.69 Å². The minimum atomic E-state index is 0.248. The van der Waals surface area contributed by atoms with Crippen molar-refractivity contribution < 1.29 is 4.52 Å². The van der Waals surface area contributed by atoms with Gasteiger partial charge in [-0.05, 0) is 32.1 Å². The summed E-state index contributed by atoms with van der Waals surface area (Å²) in [4.78, 5) is 0. The molecule has 0 unspecified atom stereocenters. The van der Waals surface area contributed by atoms with Crippen molar-refractivity contribution in [3.63, 3.8) is 0 Å². The highest BCUT2D eigenvalue weighted by atomic mass is 16.5. The maximum Gasteiger partial charge on any atom is 0.137 e. The molecule has 1 heterocycles. The molecular weight excluding hydrogens is 186 g/mol. The second-order valence-electron chi connectivity index (χ2n) is 4.76. The van der Waals surface area contributed by atoms with Gasteiger partial charge in [0.2, 0.25) is 0 Å². The van der Waals surface area contributed by atoms with E-state index in [0.717, 1.165) is 11.5 Å². The summed E-state index contributed by atoms with van der Waals surface area (Å²) in [6.45, 7) is 10.9. The topological polar surface area (TPSA) is 26.0 Å². The van der Waals surface area contributed by atoms with Gasteiger partial charge in [0.25, 0.3) is 0 Å². The minimum Gasteiger partial charge on any atom is -0.361 e. The zero-order chi connectivity index (χ0) is 11.5. The fourth-order valence-electron chi connectivity index (χ4n) is 2.82. The van der Waals surface area contributed by atoms with Crippen LogP contribution in [-0.2, 0) is 5.41 Å². The van der Waals surface area contributed by atoms with Crippen LogP contribution in [0.25, 0.3) is 0 Å². The zero-order valence-corrected chi connectivity index (χ0v) is 10.7. The van der Waals surface area contributed by atoms with Gasteiger partial charge in [-0.25, -0.2) is 0 Å². The summed E-state index contributed by atoms with van der Waals surface area (Å²) in [5, 5.41) is 4.07. The molecule has 0 aromatic carbocycles. The first-order chi connectivity index (χ1) is 7.05. The van der Waals surface area contributed by atoms with E-state index in [4.69, 9.17) is 4.52 Å². The third-order valence-electron chi connectivity index (χ3n) is 3.24. The summed E-state index contributed by atoms with van der Waals surface area (Å²) in [5.41, 5.74) is 2.65. The second-order valence-corrected chi connectivity index (χ2v) is 4.76. The molecule has 1 aromatic rings. The molecule has 0 amide bonds. The summed E-state index contributed by atoms with van der Waals surface area (Å²) in [6, 6.07) is 0. The molecule has 1 rings (SSSR count). The molecule has 86 valence electrons. The monoisotopic (exact) mass is 209 g/mol. The van der Waals surface area contributed by atoms with Gasteiger partial charge in [-0.1, -0.05) is 38.8 Å². The largest absolute Gasteiger partial charge is 0.361 e. The van der Waals surface area contributed by atoms with Crippen molar-refractivity contribution in [1.29, 1.82) is 0 Å². The van der Waals surface area contributed by atoms with E-state index in [1.54, 1.807) is 0 Å². The Bertz CT molecular complexity index is 289. The Morgan fingerprint density at radius 1 is 1.13 bits per heavy atom. The van der Waals surface area contributed by atoms with Crippen molar-refractivity contribution in [1.82, 2.24) is 5.16 Å². The number of aryl methyl sites for hydroxylation is 2. The van der Waals surface area contributed by atoms with E-state index in [2.05, 4.69) is 32.9 Å². The van der Waals surface area contributed by atoms with Crippen LogP contribution in [-0.4, -0.2) is 5.16 Å². The molecule has 1 aromatic heterocycles. The molecule has 2 heteroatoms. The van der Waals surface area contributed by atoms with Crippen LogP contribution in [0.3, 0.4) is 0 Å². The Morgan fingerprint density at radius 3 is 2.00 bits per heavy atom. The molecule has 2 nitrogen and oxygen atoms in total. The lowest BCUT2D eigenvalue weighted by atomic mass is 9.74. The number of hydrogen-bond acceptors (Lipinski definition) is 2. The lowest BCUT2D eigenvalue weighted by Gasteiger charge is -2.29. The Kier molecular flexibility index (Phi) is 3.95. The summed E-state index contributed by atoms with van der Waals surface area (Å²) < 4.78 is 5.28. The SMILES string of the molecule is CCCC(C)(CCC)c1c(C)noc1C. The molecule has 0 saturated carbocycles. The smallest absolute Gasteiger partial charge is 0.137 e. The van der Waals surface area contributed by atoms with Gasteiger partial charge in [0, 0.05) is 5.56 Å². The van der Waals surface area contributed by atoms with Crippen LogP contribution >= 0.6 is 0 Å². The van der Waals surface area contributed by atoms with Gasteiger partial charge in [-0.15, -0.1) is 0 Å². The summed E-state index contributed by atoms with van der Waals surface area (Å²) in [5.74, 6) is 0.997. The molecule has 0 aliphatic heterocycles. The summed E-state index contributed by atoms with van der Waals surface area (Å²) in [6.07, 6.45) is 4.84. The lowest BCUT2D eigenvalue weighted by molar-refractivity contribution is 0.367. The van der Waals surface area contributed by atoms with E-state index < -0.39 is 0 Å². The van der Waals surface area contributed by atoms with Crippen molar-refractivity contribution in [2.45, 2.75) is 65.7 Å². The van der Waals surface area contributed by atoms with Gasteiger partial charge in [0.1, 0.15) is 5.76 Å². The molecule has 0 atom stereocenters. The maximum atomic E-state index is 5.28. The summed E-state index contributed by atoms with van der Waals surface area (Å²) in [7, 11) is 0. The zero-order valence-electron chi connectivity index (χ0n) is 10.7. The first kappa shape index (κ1) is 12.3. The molecule has 0 aliphatic rings. The average molecular weight is 209 g/mol. The van der Waals surface area contributed by atoms with E-state index in [0.29, 0.717) is 0 Å². The molecule has 15 heavy (non-hydrogen) atoms. The predicted molar refractivity (Wildman–Crippen MR) is 63.1 cm³/mol. The quantitative estimate of drug-likeness (QED) is 0.728. The minimum absolute atomic E-state index is 0.248. The van der Waals surface area contributed by atoms with Crippen molar-refractivity contribution in [3.05, 3.63) is 17.0 Å². The molecule has 0 aliphatic carbocycles. The first-order valence-corrected chi connectivity index (χ1v) is 5.98. The van der Waals surface area contributed by atoms with Gasteiger partial charge in [-0.2, -0.15) is 0 Å². The normalized spacial score (nSPS) is 12.1. The molecule has 0 fully saturated rings. The predicted octanol–water partition coefficient (Wildman–Crippen LogP) is 4.15. The van der Waals surface area contributed by atoms with E-state index in [1.807, 2.05) is 6.92 Å². The molecule has 0 bridgehead atoms. The fourth-order valence-corrected chi connectivity index (χ4v) is 2.82. The molecule has 0 N–H and O–H groups in total. The van der Waals surface area contributed by atoms with E-state index >= 15 is 0 Å². The van der Waals surface area contributed by atoms with Crippen molar-refractivity contribution in [2.24, 2.45) is 0 Å². The second kappa shape index (κ2) is 4.82. The Balaban J connectivity index is 3.08. The van der Waals surface area contributed by atoms with E-state index in [1.165, 1.54) is 31.2 Å². The van der Waals surface area contributed by atoms with Gasteiger partial charge < -0.3 is 4.52 Å². The van der Waals surface area contributed by atoms with Crippen LogP contribution in [0, 0.1) is 13.8 Å². The van der Waals surface area contributed by atoms with Crippen LogP contribution in [0.15, 0.2) is 4.52 Å². The molecule has 0 radical (unpaired) electrons. The number of rotatable bonds is 5.